The third-order valence-electron chi connectivity index (χ3n) is 4.41. The summed E-state index contributed by atoms with van der Waals surface area (Å²) in [6.45, 7) is 2.62. The van der Waals surface area contributed by atoms with Crippen molar-refractivity contribution < 1.29 is 9.53 Å². The van der Waals surface area contributed by atoms with Crippen LogP contribution in [0.15, 0.2) is 54.6 Å². The Hall–Kier alpha value is -2.05. The number of rotatable bonds is 4. The van der Waals surface area contributed by atoms with Crippen molar-refractivity contribution in [3.63, 3.8) is 0 Å². The molecule has 6 heteroatoms. The van der Waals surface area contributed by atoms with Crippen LogP contribution in [0.1, 0.15) is 17.9 Å². The second kappa shape index (κ2) is 6.69. The predicted octanol–water partition coefficient (Wildman–Crippen LogP) is 3.83. The van der Waals surface area contributed by atoms with Gasteiger partial charge >= 0.3 is 0 Å². The minimum Gasteiger partial charge on any atom is -0.494 e. The first-order valence-corrected chi connectivity index (χ1v) is 9.72. The van der Waals surface area contributed by atoms with Crippen LogP contribution in [0.5, 0.6) is 5.75 Å². The van der Waals surface area contributed by atoms with Gasteiger partial charge in [-0.2, -0.15) is 0 Å². The van der Waals surface area contributed by atoms with Gasteiger partial charge in [0.15, 0.2) is 5.11 Å². The Balaban J connectivity index is 1.62. The van der Waals surface area contributed by atoms with Crippen LogP contribution in [-0.4, -0.2) is 34.3 Å². The summed E-state index contributed by atoms with van der Waals surface area (Å²) in [6, 6.07) is 17.5. The Morgan fingerprint density at radius 3 is 2.56 bits per heavy atom. The van der Waals surface area contributed by atoms with Crippen molar-refractivity contribution in [3.8, 4) is 5.75 Å². The highest BCUT2D eigenvalue weighted by atomic mass is 32.2. The largest absolute Gasteiger partial charge is 0.494 e. The van der Waals surface area contributed by atoms with Crippen LogP contribution in [-0.2, 0) is 4.79 Å². The maximum absolute atomic E-state index is 12.9. The van der Waals surface area contributed by atoms with E-state index in [1.54, 1.807) is 16.7 Å². The lowest BCUT2D eigenvalue weighted by Gasteiger charge is -2.25. The molecule has 0 bridgehead atoms. The molecule has 4 nitrogen and oxygen atoms in total. The Labute approximate surface area is 156 Å². The monoisotopic (exact) mass is 370 g/mol. The van der Waals surface area contributed by atoms with Crippen molar-refractivity contribution in [2.75, 3.05) is 17.3 Å². The predicted molar refractivity (Wildman–Crippen MR) is 105 cm³/mol. The summed E-state index contributed by atoms with van der Waals surface area (Å²) in [5.74, 6) is 1.68. The number of fused-ring (bicyclic) bond motifs is 1. The summed E-state index contributed by atoms with van der Waals surface area (Å²) in [5.41, 5.74) is 1.98. The number of thioether (sulfide) groups is 1. The molecule has 1 unspecified atom stereocenters. The molecule has 1 amide bonds. The zero-order chi connectivity index (χ0) is 17.4. The fourth-order valence-corrected chi connectivity index (χ4v) is 5.18. The van der Waals surface area contributed by atoms with E-state index in [0.717, 1.165) is 22.8 Å². The lowest BCUT2D eigenvalue weighted by molar-refractivity contribution is -0.119. The third-order valence-corrected chi connectivity index (χ3v) is 6.13. The van der Waals surface area contributed by atoms with E-state index in [0.29, 0.717) is 11.7 Å². The zero-order valence-electron chi connectivity index (χ0n) is 13.8. The fourth-order valence-electron chi connectivity index (χ4n) is 3.26. The first-order chi connectivity index (χ1) is 12.2. The Kier molecular flexibility index (Phi) is 4.39. The van der Waals surface area contributed by atoms with Crippen LogP contribution in [0.25, 0.3) is 0 Å². The Morgan fingerprint density at radius 2 is 1.88 bits per heavy atom. The summed E-state index contributed by atoms with van der Waals surface area (Å²) < 4.78 is 5.51. The molecule has 2 aromatic carbocycles. The lowest BCUT2D eigenvalue weighted by Crippen LogP contribution is -2.33. The molecule has 128 valence electrons. The smallest absolute Gasteiger partial charge is 0.257 e. The molecular weight excluding hydrogens is 352 g/mol. The van der Waals surface area contributed by atoms with Crippen molar-refractivity contribution >= 4 is 40.7 Å². The number of amides is 1. The Morgan fingerprint density at radius 1 is 1.16 bits per heavy atom. The maximum atomic E-state index is 12.9. The number of carbonyl (C=O) groups excluding carboxylic acids is 1. The van der Waals surface area contributed by atoms with Gasteiger partial charge in [0.25, 0.3) is 5.91 Å². The second-order valence-corrected chi connectivity index (χ2v) is 7.38. The van der Waals surface area contributed by atoms with E-state index in [1.807, 2.05) is 49.4 Å². The number of hydrogen-bond acceptors (Lipinski definition) is 4. The minimum atomic E-state index is -0.186. The number of hydrogen-bond donors (Lipinski definition) is 0. The van der Waals surface area contributed by atoms with Crippen molar-refractivity contribution in [3.05, 3.63) is 60.2 Å². The average molecular weight is 370 g/mol. The van der Waals surface area contributed by atoms with Crippen LogP contribution in [0, 0.1) is 0 Å². The number of thiocarbonyl (C=S) groups is 1. The van der Waals surface area contributed by atoms with Gasteiger partial charge in [-0.25, -0.2) is 0 Å². The molecular formula is C19H18N2O2S2. The van der Waals surface area contributed by atoms with Gasteiger partial charge in [0.1, 0.15) is 17.2 Å². The summed E-state index contributed by atoms with van der Waals surface area (Å²) in [4.78, 5) is 16.6. The molecule has 2 atom stereocenters. The SMILES string of the molecule is CCOc1ccc(C2SC[C@@H]3C(=O)N(c4ccccc4)C(=S)N23)cc1. The molecule has 2 fully saturated rings. The van der Waals surface area contributed by atoms with Gasteiger partial charge in [0.2, 0.25) is 0 Å². The molecule has 4 rings (SSSR count). The molecule has 0 N–H and O–H groups in total. The molecule has 0 aromatic heterocycles. The molecule has 2 saturated heterocycles. The molecule has 0 aliphatic carbocycles. The second-order valence-electron chi connectivity index (χ2n) is 5.90. The lowest BCUT2D eigenvalue weighted by atomic mass is 10.2. The van der Waals surface area contributed by atoms with E-state index >= 15 is 0 Å². The van der Waals surface area contributed by atoms with E-state index in [2.05, 4.69) is 17.0 Å². The molecule has 0 radical (unpaired) electrons. The first-order valence-electron chi connectivity index (χ1n) is 8.26. The zero-order valence-corrected chi connectivity index (χ0v) is 15.4. The fraction of sp³-hybridized carbons (Fsp3) is 0.263. The van der Waals surface area contributed by atoms with Gasteiger partial charge in [0.05, 0.1) is 12.3 Å². The topological polar surface area (TPSA) is 32.8 Å². The van der Waals surface area contributed by atoms with Crippen LogP contribution >= 0.6 is 24.0 Å². The van der Waals surface area contributed by atoms with Crippen LogP contribution in [0.2, 0.25) is 0 Å². The summed E-state index contributed by atoms with van der Waals surface area (Å²) >= 11 is 7.44. The number of benzene rings is 2. The quantitative estimate of drug-likeness (QED) is 0.764. The average Bonchev–Trinajstić information content (AvgIpc) is 3.17. The maximum Gasteiger partial charge on any atom is 0.257 e. The number of para-hydroxylation sites is 1. The highest BCUT2D eigenvalue weighted by Gasteiger charge is 2.50. The van der Waals surface area contributed by atoms with Gasteiger partial charge in [-0.15, -0.1) is 11.8 Å². The number of carbonyl (C=O) groups is 1. The van der Waals surface area contributed by atoms with Crippen LogP contribution < -0.4 is 9.64 Å². The Bertz CT molecular complexity index is 795. The van der Waals surface area contributed by atoms with Crippen molar-refractivity contribution in [1.82, 2.24) is 4.90 Å². The van der Waals surface area contributed by atoms with Crippen LogP contribution in [0.4, 0.5) is 5.69 Å². The van der Waals surface area contributed by atoms with Gasteiger partial charge < -0.3 is 9.64 Å². The van der Waals surface area contributed by atoms with Crippen molar-refractivity contribution in [2.24, 2.45) is 0 Å². The highest BCUT2D eigenvalue weighted by molar-refractivity contribution is 7.99. The van der Waals surface area contributed by atoms with Crippen LogP contribution in [0.3, 0.4) is 0 Å². The first kappa shape index (κ1) is 16.4. The van der Waals surface area contributed by atoms with Gasteiger partial charge in [-0.1, -0.05) is 30.3 Å². The number of nitrogens with zero attached hydrogens (tertiary/aromatic N) is 2. The van der Waals surface area contributed by atoms with E-state index in [4.69, 9.17) is 17.0 Å². The number of anilines is 1. The van der Waals surface area contributed by atoms with E-state index in [1.165, 1.54) is 0 Å². The highest BCUT2D eigenvalue weighted by Crippen LogP contribution is 2.46. The molecule has 0 spiro atoms. The standard InChI is InChI=1S/C19H18N2O2S2/c1-2-23-15-10-8-13(9-11-15)18-21-16(12-25-18)17(22)20(19(21)24)14-6-4-3-5-7-14/h3-11,16,18H,2,12H2,1H3/t16-,18?/m1/s1. The van der Waals surface area contributed by atoms with Gasteiger partial charge in [-0.3, -0.25) is 9.69 Å². The molecule has 2 aliphatic heterocycles. The summed E-state index contributed by atoms with van der Waals surface area (Å²) in [7, 11) is 0. The van der Waals surface area contributed by atoms with Crippen molar-refractivity contribution in [2.45, 2.75) is 18.3 Å². The molecule has 25 heavy (non-hydrogen) atoms. The van der Waals surface area contributed by atoms with Gasteiger partial charge in [-0.05, 0) is 49.0 Å². The minimum absolute atomic E-state index is 0.0610. The van der Waals surface area contributed by atoms with E-state index in [9.17, 15) is 4.79 Å². The number of ether oxygens (including phenoxy) is 1. The van der Waals surface area contributed by atoms with E-state index < -0.39 is 0 Å². The van der Waals surface area contributed by atoms with E-state index in [-0.39, 0.29) is 17.3 Å². The molecule has 0 saturated carbocycles. The van der Waals surface area contributed by atoms with Gasteiger partial charge in [0, 0.05) is 5.75 Å². The summed E-state index contributed by atoms with van der Waals surface area (Å²) in [5, 5.41) is 0.649. The molecule has 2 aromatic rings. The third kappa shape index (κ3) is 2.79. The van der Waals surface area contributed by atoms with Crippen molar-refractivity contribution in [1.29, 1.82) is 0 Å². The molecule has 2 heterocycles. The molecule has 2 aliphatic rings. The normalized spacial score (nSPS) is 22.4. The summed E-state index contributed by atoms with van der Waals surface area (Å²) in [6.07, 6.45) is 0.